The molecule has 0 aliphatic carbocycles. The predicted octanol–water partition coefficient (Wildman–Crippen LogP) is 0.193. The molecule has 2 aliphatic heterocycles. The summed E-state index contributed by atoms with van der Waals surface area (Å²) in [6.45, 7) is 1.33. The summed E-state index contributed by atoms with van der Waals surface area (Å²) in [6, 6.07) is 0. The minimum atomic E-state index is -1.45. The van der Waals surface area contributed by atoms with Gasteiger partial charge in [0.15, 0.2) is 6.23 Å². The third kappa shape index (κ3) is 2.55. The fourth-order valence-electron chi connectivity index (χ4n) is 2.22. The van der Waals surface area contributed by atoms with Gasteiger partial charge in [-0.2, -0.15) is 0 Å². The third-order valence-electron chi connectivity index (χ3n) is 2.97. The van der Waals surface area contributed by atoms with Gasteiger partial charge in [-0.3, -0.25) is 14.5 Å². The Labute approximate surface area is 97.3 Å². The van der Waals surface area contributed by atoms with Crippen LogP contribution in [-0.4, -0.2) is 47.4 Å². The molecule has 7 nitrogen and oxygen atoms in total. The summed E-state index contributed by atoms with van der Waals surface area (Å²) >= 11 is 0. The van der Waals surface area contributed by atoms with Crippen molar-refractivity contribution >= 4 is 18.1 Å². The van der Waals surface area contributed by atoms with Gasteiger partial charge < -0.3 is 14.6 Å². The van der Waals surface area contributed by atoms with Crippen LogP contribution in [0.25, 0.3) is 0 Å². The third-order valence-corrected chi connectivity index (χ3v) is 2.97. The first-order valence-electron chi connectivity index (χ1n) is 5.46. The van der Waals surface area contributed by atoms with Gasteiger partial charge in [-0.05, 0) is 12.8 Å². The maximum Gasteiger partial charge on any atom is 0.507 e. The van der Waals surface area contributed by atoms with Crippen molar-refractivity contribution in [2.75, 3.05) is 13.1 Å². The van der Waals surface area contributed by atoms with Crippen LogP contribution in [0.2, 0.25) is 0 Å². The van der Waals surface area contributed by atoms with Crippen LogP contribution >= 0.6 is 0 Å². The number of ether oxygens (including phenoxy) is 2. The summed E-state index contributed by atoms with van der Waals surface area (Å²) in [5, 5.41) is 8.67. The van der Waals surface area contributed by atoms with Crippen molar-refractivity contribution < 1.29 is 29.0 Å². The normalized spacial score (nSPS) is 26.9. The molecular formula is C10H13NO6. The Kier molecular flexibility index (Phi) is 3.28. The lowest BCUT2D eigenvalue weighted by atomic mass is 10.1. The molecule has 0 bridgehead atoms. The molecule has 2 heterocycles. The summed E-state index contributed by atoms with van der Waals surface area (Å²) in [5.41, 5.74) is 0. The fourth-order valence-corrected chi connectivity index (χ4v) is 2.22. The SMILES string of the molecule is O=C(O)OC(C1CC(=O)OC1=O)N1CCCC1. The first-order chi connectivity index (χ1) is 8.08. The summed E-state index contributed by atoms with van der Waals surface area (Å²) in [5.74, 6) is -2.16. The Balaban J connectivity index is 2.11. The van der Waals surface area contributed by atoms with Crippen LogP contribution in [0.15, 0.2) is 0 Å². The van der Waals surface area contributed by atoms with E-state index < -0.39 is 30.2 Å². The van der Waals surface area contributed by atoms with Crippen LogP contribution in [0.3, 0.4) is 0 Å². The van der Waals surface area contributed by atoms with Crippen LogP contribution in [0.4, 0.5) is 4.79 Å². The second kappa shape index (κ2) is 4.70. The summed E-state index contributed by atoms with van der Waals surface area (Å²) in [6.07, 6.45) is -0.625. The molecule has 2 aliphatic rings. The molecule has 0 spiro atoms. The highest BCUT2D eigenvalue weighted by molar-refractivity contribution is 5.95. The van der Waals surface area contributed by atoms with Crippen LogP contribution in [-0.2, 0) is 19.1 Å². The zero-order valence-corrected chi connectivity index (χ0v) is 9.13. The number of carboxylic acid groups (broad SMARTS) is 1. The van der Waals surface area contributed by atoms with E-state index in [0.29, 0.717) is 13.1 Å². The minimum absolute atomic E-state index is 0.118. The van der Waals surface area contributed by atoms with Crippen molar-refractivity contribution in [1.29, 1.82) is 0 Å². The van der Waals surface area contributed by atoms with E-state index in [4.69, 9.17) is 9.84 Å². The molecule has 17 heavy (non-hydrogen) atoms. The zero-order valence-electron chi connectivity index (χ0n) is 9.13. The van der Waals surface area contributed by atoms with Gasteiger partial charge in [0.25, 0.3) is 0 Å². The molecule has 7 heteroatoms. The van der Waals surface area contributed by atoms with Gasteiger partial charge >= 0.3 is 18.1 Å². The number of likely N-dealkylation sites (tertiary alicyclic amines) is 1. The molecule has 94 valence electrons. The molecule has 0 saturated carbocycles. The average molecular weight is 243 g/mol. The largest absolute Gasteiger partial charge is 0.507 e. The van der Waals surface area contributed by atoms with Crippen LogP contribution in [0, 0.1) is 5.92 Å². The Bertz CT molecular complexity index is 349. The minimum Gasteiger partial charge on any atom is -0.450 e. The van der Waals surface area contributed by atoms with Crippen molar-refractivity contribution in [3.05, 3.63) is 0 Å². The summed E-state index contributed by atoms with van der Waals surface area (Å²) < 4.78 is 9.14. The fraction of sp³-hybridized carbons (Fsp3) is 0.700. The van der Waals surface area contributed by atoms with E-state index >= 15 is 0 Å². The first kappa shape index (κ1) is 11.8. The average Bonchev–Trinajstić information content (AvgIpc) is 2.84. The van der Waals surface area contributed by atoms with Gasteiger partial charge in [0.05, 0.1) is 6.42 Å². The number of cyclic esters (lactones) is 2. The standard InChI is InChI=1S/C10H13NO6/c12-7-5-6(9(13)16-7)8(17-10(14)15)11-3-1-2-4-11/h6,8H,1-5H2,(H,14,15). The smallest absolute Gasteiger partial charge is 0.450 e. The highest BCUT2D eigenvalue weighted by Crippen LogP contribution is 2.27. The molecule has 0 aromatic rings. The highest BCUT2D eigenvalue weighted by Gasteiger charge is 2.44. The lowest BCUT2D eigenvalue weighted by Gasteiger charge is -2.28. The summed E-state index contributed by atoms with van der Waals surface area (Å²) in [4.78, 5) is 34.8. The van der Waals surface area contributed by atoms with E-state index in [1.807, 2.05) is 0 Å². The number of carbonyl (C=O) groups excluding carboxylic acids is 2. The van der Waals surface area contributed by atoms with E-state index in [0.717, 1.165) is 12.8 Å². The second-order valence-electron chi connectivity index (χ2n) is 4.12. The lowest BCUT2D eigenvalue weighted by Crippen LogP contribution is -2.43. The Morgan fingerprint density at radius 2 is 2.06 bits per heavy atom. The molecule has 0 amide bonds. The van der Waals surface area contributed by atoms with Crippen molar-refractivity contribution in [2.45, 2.75) is 25.5 Å². The quantitative estimate of drug-likeness (QED) is 0.558. The van der Waals surface area contributed by atoms with Gasteiger partial charge in [-0.1, -0.05) is 0 Å². The van der Waals surface area contributed by atoms with Gasteiger partial charge in [-0.15, -0.1) is 0 Å². The highest BCUT2D eigenvalue weighted by atomic mass is 16.7. The Morgan fingerprint density at radius 3 is 2.53 bits per heavy atom. The first-order valence-corrected chi connectivity index (χ1v) is 5.46. The molecule has 2 atom stereocenters. The van der Waals surface area contributed by atoms with E-state index in [9.17, 15) is 14.4 Å². The van der Waals surface area contributed by atoms with E-state index in [-0.39, 0.29) is 6.42 Å². The number of carbonyl (C=O) groups is 3. The Hall–Kier alpha value is -1.63. The molecule has 2 unspecified atom stereocenters. The van der Waals surface area contributed by atoms with Crippen molar-refractivity contribution in [3.8, 4) is 0 Å². The number of nitrogens with zero attached hydrogens (tertiary/aromatic N) is 1. The second-order valence-corrected chi connectivity index (χ2v) is 4.12. The topological polar surface area (TPSA) is 93.1 Å². The molecular weight excluding hydrogens is 230 g/mol. The van der Waals surface area contributed by atoms with Gasteiger partial charge in [-0.25, -0.2) is 4.79 Å². The van der Waals surface area contributed by atoms with Crippen LogP contribution < -0.4 is 0 Å². The Morgan fingerprint density at radius 1 is 1.41 bits per heavy atom. The monoisotopic (exact) mass is 243 g/mol. The predicted molar refractivity (Wildman–Crippen MR) is 52.9 cm³/mol. The molecule has 2 saturated heterocycles. The lowest BCUT2D eigenvalue weighted by molar-refractivity contribution is -0.156. The van der Waals surface area contributed by atoms with E-state index in [1.54, 1.807) is 4.90 Å². The van der Waals surface area contributed by atoms with Gasteiger partial charge in [0.1, 0.15) is 5.92 Å². The van der Waals surface area contributed by atoms with Crippen LogP contribution in [0.1, 0.15) is 19.3 Å². The van der Waals surface area contributed by atoms with Crippen molar-refractivity contribution in [2.24, 2.45) is 5.92 Å². The number of esters is 2. The molecule has 0 aromatic carbocycles. The number of rotatable bonds is 3. The molecule has 0 radical (unpaired) electrons. The van der Waals surface area contributed by atoms with E-state index in [1.165, 1.54) is 0 Å². The van der Waals surface area contributed by atoms with Gasteiger partial charge in [0.2, 0.25) is 0 Å². The van der Waals surface area contributed by atoms with Crippen molar-refractivity contribution in [3.63, 3.8) is 0 Å². The van der Waals surface area contributed by atoms with E-state index in [2.05, 4.69) is 4.74 Å². The molecule has 2 fully saturated rings. The molecule has 1 N–H and O–H groups in total. The number of hydrogen-bond donors (Lipinski definition) is 1. The molecule has 2 rings (SSSR count). The maximum absolute atomic E-state index is 11.4. The summed E-state index contributed by atoms with van der Waals surface area (Å²) in [7, 11) is 0. The number of hydrogen-bond acceptors (Lipinski definition) is 6. The zero-order chi connectivity index (χ0) is 12.4. The maximum atomic E-state index is 11.4. The van der Waals surface area contributed by atoms with Crippen LogP contribution in [0.5, 0.6) is 0 Å². The molecule has 0 aromatic heterocycles. The van der Waals surface area contributed by atoms with Gasteiger partial charge in [0, 0.05) is 13.1 Å². The van der Waals surface area contributed by atoms with Crippen molar-refractivity contribution in [1.82, 2.24) is 4.90 Å².